The summed E-state index contributed by atoms with van der Waals surface area (Å²) in [7, 11) is 0. The van der Waals surface area contributed by atoms with Gasteiger partial charge in [0, 0.05) is 0 Å². The Hall–Kier alpha value is 1.12. The van der Waals surface area contributed by atoms with Crippen LogP contribution in [-0.2, 0) is 0 Å². The molecule has 0 radical (unpaired) electrons. The van der Waals surface area contributed by atoms with E-state index in [9.17, 15) is 0 Å². The summed E-state index contributed by atoms with van der Waals surface area (Å²) < 4.78 is 7.83. The summed E-state index contributed by atoms with van der Waals surface area (Å²) in [5, 5.41) is 0. The first kappa shape index (κ1) is 35.7. The predicted molar refractivity (Wildman–Crippen MR) is 23.1 cm³/mol. The molecule has 5 heteroatoms. The van der Waals surface area contributed by atoms with Gasteiger partial charge >= 0.3 is 0 Å². The standard InChI is InChI=1S/ClHO.3ClH/c1-2;;;/h1H;3*1H. The van der Waals surface area contributed by atoms with E-state index in [2.05, 4.69) is 11.9 Å². The van der Waals surface area contributed by atoms with Gasteiger partial charge in [-0.1, -0.05) is 0 Å². The SMILES string of the molecule is Cl.Cl.Cl.[O-][ClH+]. The molecule has 0 spiro atoms. The van der Waals surface area contributed by atoms with Crippen molar-refractivity contribution in [3.8, 4) is 0 Å². The molecule has 0 aromatic carbocycles. The average molecular weight is 162 g/mol. The highest BCUT2D eigenvalue weighted by Gasteiger charge is 0.819. The molecule has 0 rings (SSSR count). The summed E-state index contributed by atoms with van der Waals surface area (Å²) in [6.07, 6.45) is 0. The lowest BCUT2D eigenvalue weighted by Gasteiger charge is -1.28. The van der Waals surface area contributed by atoms with Crippen LogP contribution in [0.25, 0.3) is 0 Å². The van der Waals surface area contributed by atoms with Gasteiger partial charge in [0.1, 0.15) is 0 Å². The van der Waals surface area contributed by atoms with Gasteiger partial charge in [0.25, 0.3) is 0 Å². The van der Waals surface area contributed by atoms with E-state index in [1.807, 2.05) is 0 Å². The molecule has 5 heavy (non-hydrogen) atoms. The monoisotopic (exact) mass is 160 g/mol. The molecule has 0 aromatic heterocycles. The van der Waals surface area contributed by atoms with Gasteiger partial charge < -0.3 is 4.66 Å². The molecule has 1 nitrogen and oxygen atoms in total. The predicted octanol–water partition coefficient (Wildman–Crippen LogP) is -0.191. The second-order valence-electron chi connectivity index (χ2n) is 0. The minimum absolute atomic E-state index is 0. The van der Waals surface area contributed by atoms with Crippen molar-refractivity contribution < 1.29 is 16.5 Å². The maximum atomic E-state index is 7.83. The van der Waals surface area contributed by atoms with Crippen molar-refractivity contribution in [1.82, 2.24) is 0 Å². The highest BCUT2D eigenvalue weighted by atomic mass is 35.5. The Labute approximate surface area is 54.1 Å². The van der Waals surface area contributed by atoms with Crippen LogP contribution in [0.4, 0.5) is 0 Å². The quantitative estimate of drug-likeness (QED) is 0.483. The van der Waals surface area contributed by atoms with Crippen LogP contribution in [0.2, 0.25) is 0 Å². The topological polar surface area (TPSA) is 23.1 Å². The lowest BCUT2D eigenvalue weighted by Crippen LogP contribution is -1.76. The van der Waals surface area contributed by atoms with Gasteiger partial charge in [-0.25, -0.2) is 0 Å². The van der Waals surface area contributed by atoms with Crippen LogP contribution in [0.3, 0.4) is 0 Å². The Morgan fingerprint density at radius 1 is 0.800 bits per heavy atom. The van der Waals surface area contributed by atoms with Crippen LogP contribution in [0.15, 0.2) is 0 Å². The fourth-order valence-electron chi connectivity index (χ4n) is 0. The smallest absolute Gasteiger partial charge is 0.0878 e. The van der Waals surface area contributed by atoms with Crippen LogP contribution in [0.5, 0.6) is 0 Å². The minimum Gasteiger partial charge on any atom is -0.547 e. The summed E-state index contributed by atoms with van der Waals surface area (Å²) in [6.45, 7) is 0. The van der Waals surface area contributed by atoms with E-state index in [4.69, 9.17) is 4.66 Å². The number of hydrogen-bond acceptors (Lipinski definition) is 1. The molecule has 0 saturated carbocycles. The molecule has 0 amide bonds. The Morgan fingerprint density at radius 3 is 0.800 bits per heavy atom. The number of hydrogen-bond donors (Lipinski definition) is 0. The van der Waals surface area contributed by atoms with E-state index in [-0.39, 0.29) is 37.2 Å². The molecule has 38 valence electrons. The molecule has 0 aliphatic carbocycles. The second-order valence-corrected chi connectivity index (χ2v) is 0. The van der Waals surface area contributed by atoms with E-state index < -0.39 is 0 Å². The number of halogens is 4. The van der Waals surface area contributed by atoms with Crippen molar-refractivity contribution in [2.45, 2.75) is 0 Å². The van der Waals surface area contributed by atoms with Gasteiger partial charge in [0.05, 0.1) is 11.9 Å². The highest BCUT2D eigenvalue weighted by Crippen LogP contribution is 0.692. The van der Waals surface area contributed by atoms with Gasteiger partial charge in [0.15, 0.2) is 0 Å². The lowest BCUT2D eigenvalue weighted by atomic mass is 15.9. The largest absolute Gasteiger partial charge is 0.547 e. The Kier molecular flexibility index (Phi) is 495. The van der Waals surface area contributed by atoms with Gasteiger partial charge in [-0.15, -0.1) is 37.2 Å². The lowest BCUT2D eigenvalue weighted by molar-refractivity contribution is -1.000. The Bertz CT molecular complexity index is 3.61. The maximum Gasteiger partial charge on any atom is 0.0878 e. The summed E-state index contributed by atoms with van der Waals surface area (Å²) in [5.41, 5.74) is 0. The molecule has 0 heterocycles. The third kappa shape index (κ3) is 39.7. The number of rotatable bonds is 0. The van der Waals surface area contributed by atoms with Crippen molar-refractivity contribution in [2.24, 2.45) is 0 Å². The molecular weight excluding hydrogens is 158 g/mol. The van der Waals surface area contributed by atoms with Crippen molar-refractivity contribution in [2.75, 3.05) is 0 Å². The fraction of sp³-hybridized carbons (Fsp3) is 0. The third-order valence-electron chi connectivity index (χ3n) is 0. The minimum atomic E-state index is 0. The molecule has 0 aliphatic heterocycles. The van der Waals surface area contributed by atoms with Gasteiger partial charge in [0.2, 0.25) is 0 Å². The van der Waals surface area contributed by atoms with Gasteiger partial charge in [-0.05, 0) is 0 Å². The van der Waals surface area contributed by atoms with E-state index in [1.165, 1.54) is 0 Å². The summed E-state index contributed by atoms with van der Waals surface area (Å²) >= 11 is 2.83. The zero-order valence-electron chi connectivity index (χ0n) is 2.04. The molecule has 0 bridgehead atoms. The fourth-order valence-corrected chi connectivity index (χ4v) is 0. The molecule has 0 unspecified atom stereocenters. The van der Waals surface area contributed by atoms with Crippen molar-refractivity contribution >= 4 is 37.2 Å². The normalized spacial score (nSPS) is 1.20. The van der Waals surface area contributed by atoms with Crippen LogP contribution in [-0.4, -0.2) is 0 Å². The zero-order valence-corrected chi connectivity index (χ0v) is 5.31. The van der Waals surface area contributed by atoms with E-state index in [0.717, 1.165) is 0 Å². The van der Waals surface area contributed by atoms with E-state index >= 15 is 0 Å². The molecule has 0 aliphatic rings. The first-order valence-electron chi connectivity index (χ1n) is 0.167. The van der Waals surface area contributed by atoms with Gasteiger partial charge in [-0.3, -0.25) is 0 Å². The van der Waals surface area contributed by atoms with Crippen LogP contribution in [0.1, 0.15) is 0 Å². The van der Waals surface area contributed by atoms with Crippen LogP contribution < -0.4 is 4.66 Å². The second kappa shape index (κ2) is 69.3. The molecule has 0 saturated heterocycles. The molecule has 0 N–H and O–H groups in total. The van der Waals surface area contributed by atoms with Crippen molar-refractivity contribution in [3.63, 3.8) is 0 Å². The third-order valence-corrected chi connectivity index (χ3v) is 0. The molecule has 0 aromatic rings. The van der Waals surface area contributed by atoms with Crippen LogP contribution >= 0.6 is 37.2 Å². The van der Waals surface area contributed by atoms with Crippen molar-refractivity contribution in [1.29, 1.82) is 0 Å². The van der Waals surface area contributed by atoms with Crippen molar-refractivity contribution in [3.05, 3.63) is 0 Å². The molecular formula is H4Cl4O. The first-order chi connectivity index (χ1) is 1.00. The van der Waals surface area contributed by atoms with E-state index in [1.54, 1.807) is 0 Å². The summed E-state index contributed by atoms with van der Waals surface area (Å²) in [5.74, 6) is 0. The summed E-state index contributed by atoms with van der Waals surface area (Å²) in [6, 6.07) is 0. The van der Waals surface area contributed by atoms with Crippen LogP contribution in [0, 0.1) is 11.9 Å². The maximum absolute atomic E-state index is 7.83. The highest BCUT2D eigenvalue weighted by molar-refractivity contribution is 5.86. The zero-order chi connectivity index (χ0) is 2.00. The average Bonchev–Trinajstić information content (AvgIpc) is 1.00. The first-order valence-corrected chi connectivity index (χ1v) is 0.500. The molecule has 0 fully saturated rings. The molecule has 0 atom stereocenters. The Morgan fingerprint density at radius 2 is 0.800 bits per heavy atom. The van der Waals surface area contributed by atoms with E-state index in [0.29, 0.717) is 0 Å². The van der Waals surface area contributed by atoms with Gasteiger partial charge in [-0.2, -0.15) is 0 Å². The Balaban J connectivity index is -0.00000000167. The summed E-state index contributed by atoms with van der Waals surface area (Å²) in [4.78, 5) is 0.